The Morgan fingerprint density at radius 3 is 2.89 bits per heavy atom. The van der Waals surface area contributed by atoms with Crippen LogP contribution in [0.15, 0.2) is 18.2 Å². The van der Waals surface area contributed by atoms with Gasteiger partial charge in [0.1, 0.15) is 11.6 Å². The number of hydrogen-bond donors (Lipinski definition) is 2. The van der Waals surface area contributed by atoms with Crippen molar-refractivity contribution in [1.29, 1.82) is 0 Å². The van der Waals surface area contributed by atoms with Gasteiger partial charge in [-0.15, -0.1) is 0 Å². The fourth-order valence-electron chi connectivity index (χ4n) is 2.54. The van der Waals surface area contributed by atoms with Crippen LogP contribution in [0.2, 0.25) is 0 Å². The molecule has 1 aliphatic carbocycles. The van der Waals surface area contributed by atoms with Gasteiger partial charge in [-0.05, 0) is 38.0 Å². The molecule has 1 aromatic carbocycles. The van der Waals surface area contributed by atoms with Crippen molar-refractivity contribution < 1.29 is 14.2 Å². The fraction of sp³-hybridized carbons (Fsp3) is 0.600. The highest BCUT2D eigenvalue weighted by Gasteiger charge is 2.15. The average Bonchev–Trinajstić information content (AvgIpc) is 2.90. The topological polar surface area (TPSA) is 41.5 Å². The standard InChI is InChI=1S/C15H22FNO2/c1-11(14-10-12(16)6-7-15(14)18)17-8-9-19-13-4-2-3-5-13/h6-7,10-11,13,17-18H,2-5,8-9H2,1H3. The smallest absolute Gasteiger partial charge is 0.123 e. The first kappa shape index (κ1) is 14.3. The first-order valence-corrected chi connectivity index (χ1v) is 7.00. The molecule has 0 heterocycles. The Morgan fingerprint density at radius 2 is 2.16 bits per heavy atom. The van der Waals surface area contributed by atoms with Gasteiger partial charge in [-0.2, -0.15) is 0 Å². The maximum Gasteiger partial charge on any atom is 0.123 e. The van der Waals surface area contributed by atoms with E-state index in [9.17, 15) is 9.50 Å². The van der Waals surface area contributed by atoms with Crippen LogP contribution in [-0.4, -0.2) is 24.4 Å². The summed E-state index contributed by atoms with van der Waals surface area (Å²) in [7, 11) is 0. The molecule has 0 spiro atoms. The van der Waals surface area contributed by atoms with Gasteiger partial charge in [-0.25, -0.2) is 4.39 Å². The molecule has 0 radical (unpaired) electrons. The molecule has 0 aromatic heterocycles. The molecule has 0 saturated heterocycles. The number of ether oxygens (including phenoxy) is 1. The number of benzene rings is 1. The zero-order chi connectivity index (χ0) is 13.7. The summed E-state index contributed by atoms with van der Waals surface area (Å²) in [6.45, 7) is 3.27. The highest BCUT2D eigenvalue weighted by Crippen LogP contribution is 2.24. The second-order valence-corrected chi connectivity index (χ2v) is 5.16. The lowest BCUT2D eigenvalue weighted by Gasteiger charge is -2.17. The predicted molar refractivity (Wildman–Crippen MR) is 72.7 cm³/mol. The maximum atomic E-state index is 13.1. The van der Waals surface area contributed by atoms with E-state index < -0.39 is 0 Å². The minimum Gasteiger partial charge on any atom is -0.508 e. The number of phenols is 1. The van der Waals surface area contributed by atoms with Crippen LogP contribution in [0.4, 0.5) is 4.39 Å². The lowest BCUT2D eigenvalue weighted by atomic mass is 10.1. The lowest BCUT2D eigenvalue weighted by Crippen LogP contribution is -2.25. The van der Waals surface area contributed by atoms with Gasteiger partial charge in [-0.1, -0.05) is 12.8 Å². The normalized spacial score (nSPS) is 17.8. The molecule has 2 rings (SSSR count). The summed E-state index contributed by atoms with van der Waals surface area (Å²) in [4.78, 5) is 0. The Hall–Kier alpha value is -1.13. The van der Waals surface area contributed by atoms with Crippen LogP contribution in [-0.2, 0) is 4.74 Å². The molecule has 0 amide bonds. The molecule has 1 saturated carbocycles. The van der Waals surface area contributed by atoms with Crippen molar-refractivity contribution in [3.8, 4) is 5.75 Å². The van der Waals surface area contributed by atoms with Gasteiger partial charge in [-0.3, -0.25) is 0 Å². The molecule has 2 N–H and O–H groups in total. The van der Waals surface area contributed by atoms with Gasteiger partial charge in [0.05, 0.1) is 12.7 Å². The molecule has 19 heavy (non-hydrogen) atoms. The van der Waals surface area contributed by atoms with Crippen LogP contribution in [0.5, 0.6) is 5.75 Å². The van der Waals surface area contributed by atoms with Gasteiger partial charge in [0.15, 0.2) is 0 Å². The zero-order valence-electron chi connectivity index (χ0n) is 11.4. The van der Waals surface area contributed by atoms with Crippen LogP contribution in [0.3, 0.4) is 0 Å². The van der Waals surface area contributed by atoms with Crippen molar-refractivity contribution in [3.63, 3.8) is 0 Å². The largest absolute Gasteiger partial charge is 0.508 e. The number of hydrogen-bond acceptors (Lipinski definition) is 3. The molecular formula is C15H22FNO2. The van der Waals surface area contributed by atoms with E-state index in [1.54, 1.807) is 0 Å². The van der Waals surface area contributed by atoms with Gasteiger partial charge < -0.3 is 15.2 Å². The zero-order valence-corrected chi connectivity index (χ0v) is 11.4. The van der Waals surface area contributed by atoms with Crippen LogP contribution < -0.4 is 5.32 Å². The number of nitrogens with one attached hydrogen (secondary N) is 1. The molecular weight excluding hydrogens is 245 g/mol. The van der Waals surface area contributed by atoms with E-state index in [4.69, 9.17) is 4.74 Å². The summed E-state index contributed by atoms with van der Waals surface area (Å²) in [6.07, 6.45) is 5.29. The van der Waals surface area contributed by atoms with Gasteiger partial charge in [0, 0.05) is 18.2 Å². The van der Waals surface area contributed by atoms with E-state index in [-0.39, 0.29) is 17.6 Å². The molecule has 1 fully saturated rings. The van der Waals surface area contributed by atoms with Crippen molar-refractivity contribution in [2.75, 3.05) is 13.2 Å². The van der Waals surface area contributed by atoms with E-state index in [2.05, 4.69) is 5.32 Å². The predicted octanol–water partition coefficient (Wildman–Crippen LogP) is 3.14. The molecule has 1 aromatic rings. The van der Waals surface area contributed by atoms with Crippen LogP contribution in [0, 0.1) is 5.82 Å². The third kappa shape index (κ3) is 4.18. The lowest BCUT2D eigenvalue weighted by molar-refractivity contribution is 0.0593. The first-order chi connectivity index (χ1) is 9.16. The highest BCUT2D eigenvalue weighted by molar-refractivity contribution is 5.34. The molecule has 1 aliphatic rings. The Balaban J connectivity index is 1.74. The van der Waals surface area contributed by atoms with E-state index in [1.807, 2.05) is 6.92 Å². The van der Waals surface area contributed by atoms with Crippen LogP contribution in [0.1, 0.15) is 44.2 Å². The fourth-order valence-corrected chi connectivity index (χ4v) is 2.54. The Labute approximate surface area is 113 Å². The molecule has 3 nitrogen and oxygen atoms in total. The minimum absolute atomic E-state index is 0.0946. The molecule has 4 heteroatoms. The molecule has 1 atom stereocenters. The van der Waals surface area contributed by atoms with E-state index in [0.717, 1.165) is 0 Å². The van der Waals surface area contributed by atoms with E-state index in [0.29, 0.717) is 24.8 Å². The van der Waals surface area contributed by atoms with Crippen molar-refractivity contribution in [1.82, 2.24) is 5.32 Å². The monoisotopic (exact) mass is 267 g/mol. The third-order valence-corrected chi connectivity index (χ3v) is 3.66. The molecule has 1 unspecified atom stereocenters. The number of rotatable bonds is 6. The molecule has 0 aliphatic heterocycles. The minimum atomic E-state index is -0.330. The van der Waals surface area contributed by atoms with Gasteiger partial charge in [0.2, 0.25) is 0 Å². The highest BCUT2D eigenvalue weighted by atomic mass is 19.1. The van der Waals surface area contributed by atoms with Crippen LogP contribution >= 0.6 is 0 Å². The summed E-state index contributed by atoms with van der Waals surface area (Å²) in [5.41, 5.74) is 0.584. The third-order valence-electron chi connectivity index (χ3n) is 3.66. The van der Waals surface area contributed by atoms with Crippen molar-refractivity contribution in [2.24, 2.45) is 0 Å². The van der Waals surface area contributed by atoms with Crippen molar-refractivity contribution >= 4 is 0 Å². The van der Waals surface area contributed by atoms with Crippen molar-refractivity contribution in [3.05, 3.63) is 29.6 Å². The Morgan fingerprint density at radius 1 is 1.42 bits per heavy atom. The SMILES string of the molecule is CC(NCCOC1CCCC1)c1cc(F)ccc1O. The Bertz CT molecular complexity index is 405. The summed E-state index contributed by atoms with van der Waals surface area (Å²) < 4.78 is 18.9. The van der Waals surface area contributed by atoms with E-state index >= 15 is 0 Å². The molecule has 0 bridgehead atoms. The quantitative estimate of drug-likeness (QED) is 0.778. The number of aromatic hydroxyl groups is 1. The summed E-state index contributed by atoms with van der Waals surface area (Å²) in [6, 6.07) is 3.92. The average molecular weight is 267 g/mol. The molecule has 106 valence electrons. The summed E-state index contributed by atoms with van der Waals surface area (Å²) in [5.74, 6) is -0.207. The maximum absolute atomic E-state index is 13.1. The number of halogens is 1. The number of phenolic OH excluding ortho intramolecular Hbond substituents is 1. The Kier molecular flexibility index (Phi) is 5.16. The summed E-state index contributed by atoms with van der Waals surface area (Å²) in [5, 5.41) is 12.9. The second kappa shape index (κ2) is 6.87. The van der Waals surface area contributed by atoms with Crippen LogP contribution in [0.25, 0.3) is 0 Å². The first-order valence-electron chi connectivity index (χ1n) is 7.00. The van der Waals surface area contributed by atoms with Gasteiger partial charge >= 0.3 is 0 Å². The van der Waals surface area contributed by atoms with Crippen molar-refractivity contribution in [2.45, 2.75) is 44.8 Å². The summed E-state index contributed by atoms with van der Waals surface area (Å²) >= 11 is 0. The van der Waals surface area contributed by atoms with Gasteiger partial charge in [0.25, 0.3) is 0 Å². The second-order valence-electron chi connectivity index (χ2n) is 5.16. The van der Waals surface area contributed by atoms with E-state index in [1.165, 1.54) is 43.9 Å².